The van der Waals surface area contributed by atoms with Crippen molar-refractivity contribution < 1.29 is 14.1 Å². The molecule has 1 spiro atoms. The highest BCUT2D eigenvalue weighted by Crippen LogP contribution is 2.32. The minimum absolute atomic E-state index is 0.141. The Hall–Kier alpha value is -1.63. The van der Waals surface area contributed by atoms with Crippen LogP contribution in [0.3, 0.4) is 0 Å². The molecular formula is C15H24N4O3. The smallest absolute Gasteiger partial charge is 0.410 e. The van der Waals surface area contributed by atoms with Crippen LogP contribution in [-0.2, 0) is 16.7 Å². The molecule has 1 aromatic rings. The number of nitrogens with zero attached hydrogens (tertiary/aromatic N) is 4. The number of hydrogen-bond acceptors (Lipinski definition) is 6. The van der Waals surface area contributed by atoms with E-state index in [1.165, 1.54) is 0 Å². The lowest BCUT2D eigenvalue weighted by atomic mass is 9.93. The Kier molecular flexibility index (Phi) is 3.63. The number of likely N-dealkylation sites (tertiary alicyclic amines) is 1. The highest BCUT2D eigenvalue weighted by Gasteiger charge is 2.46. The predicted octanol–water partition coefficient (Wildman–Crippen LogP) is 1.78. The van der Waals surface area contributed by atoms with Crippen LogP contribution in [0.1, 0.15) is 45.3 Å². The molecule has 0 saturated carbocycles. The second-order valence-corrected chi connectivity index (χ2v) is 7.49. The Morgan fingerprint density at radius 2 is 2.09 bits per heavy atom. The summed E-state index contributed by atoms with van der Waals surface area (Å²) in [7, 11) is 1.78. The molecule has 2 aliphatic rings. The van der Waals surface area contributed by atoms with E-state index in [0.29, 0.717) is 24.8 Å². The topological polar surface area (TPSA) is 71.7 Å². The quantitative estimate of drug-likeness (QED) is 0.829. The van der Waals surface area contributed by atoms with Crippen LogP contribution in [0.25, 0.3) is 0 Å². The van der Waals surface area contributed by atoms with Crippen molar-refractivity contribution in [2.24, 2.45) is 0 Å². The van der Waals surface area contributed by atoms with Crippen LogP contribution in [0.2, 0.25) is 0 Å². The van der Waals surface area contributed by atoms with Crippen molar-refractivity contribution in [3.8, 4) is 0 Å². The molecular weight excluding hydrogens is 284 g/mol. The molecule has 2 fully saturated rings. The summed E-state index contributed by atoms with van der Waals surface area (Å²) in [5.74, 6) is 1.35. The normalized spacial score (nSPS) is 26.7. The van der Waals surface area contributed by atoms with Gasteiger partial charge in [-0.1, -0.05) is 25.9 Å². The maximum absolute atomic E-state index is 11.7. The first-order valence-electron chi connectivity index (χ1n) is 7.77. The van der Waals surface area contributed by atoms with Crippen LogP contribution < -0.4 is 0 Å². The fourth-order valence-electron chi connectivity index (χ4n) is 3.15. The minimum Gasteiger partial charge on any atom is -0.440 e. The number of carbonyl (C=O) groups excluding carboxylic acids is 1. The second-order valence-electron chi connectivity index (χ2n) is 7.49. The molecule has 0 aromatic carbocycles. The molecule has 0 unspecified atom stereocenters. The van der Waals surface area contributed by atoms with Gasteiger partial charge in [-0.3, -0.25) is 4.90 Å². The summed E-state index contributed by atoms with van der Waals surface area (Å²) in [5, 5.41) is 4.08. The van der Waals surface area contributed by atoms with Crippen molar-refractivity contribution in [3.05, 3.63) is 11.7 Å². The maximum Gasteiger partial charge on any atom is 0.410 e. The van der Waals surface area contributed by atoms with Crippen molar-refractivity contribution in [3.63, 3.8) is 0 Å². The summed E-state index contributed by atoms with van der Waals surface area (Å²) in [4.78, 5) is 20.0. The molecule has 22 heavy (non-hydrogen) atoms. The summed E-state index contributed by atoms with van der Waals surface area (Å²) in [6.45, 7) is 9.12. The van der Waals surface area contributed by atoms with E-state index in [2.05, 4.69) is 15.0 Å². The molecule has 2 aliphatic heterocycles. The van der Waals surface area contributed by atoms with Gasteiger partial charge in [0, 0.05) is 19.0 Å². The average Bonchev–Trinajstić information content (AvgIpc) is 2.96. The Bertz CT molecular complexity index is 565. The van der Waals surface area contributed by atoms with Gasteiger partial charge in [-0.05, 0) is 19.4 Å². The lowest BCUT2D eigenvalue weighted by Crippen LogP contribution is -2.50. The first-order valence-corrected chi connectivity index (χ1v) is 7.77. The molecule has 122 valence electrons. The molecule has 0 radical (unpaired) electrons. The van der Waals surface area contributed by atoms with Gasteiger partial charge in [0.2, 0.25) is 5.89 Å². The first-order chi connectivity index (χ1) is 10.3. The van der Waals surface area contributed by atoms with Gasteiger partial charge in [-0.25, -0.2) is 4.79 Å². The molecule has 0 bridgehead atoms. The number of hydrogen-bond donors (Lipinski definition) is 0. The van der Waals surface area contributed by atoms with Gasteiger partial charge in [-0.15, -0.1) is 0 Å². The van der Waals surface area contributed by atoms with Crippen molar-refractivity contribution in [2.75, 3.05) is 26.7 Å². The SMILES string of the molecule is CN1C[C@]2(CCCN(Cc3noc(C(C)(C)C)n3)C2)OC1=O. The fourth-order valence-corrected chi connectivity index (χ4v) is 3.15. The van der Waals surface area contributed by atoms with E-state index in [-0.39, 0.29) is 17.1 Å². The van der Waals surface area contributed by atoms with Crippen LogP contribution in [0.15, 0.2) is 4.52 Å². The summed E-state index contributed by atoms with van der Waals surface area (Å²) in [5.41, 5.74) is -0.515. The Balaban J connectivity index is 1.66. The van der Waals surface area contributed by atoms with Crippen molar-refractivity contribution in [1.29, 1.82) is 0 Å². The van der Waals surface area contributed by atoms with Gasteiger partial charge < -0.3 is 14.2 Å². The van der Waals surface area contributed by atoms with Crippen molar-refractivity contribution >= 4 is 6.09 Å². The number of ether oxygens (including phenoxy) is 1. The summed E-state index contributed by atoms with van der Waals surface area (Å²) in [6, 6.07) is 0. The molecule has 7 heteroatoms. The molecule has 1 aromatic heterocycles. The zero-order chi connectivity index (χ0) is 16.0. The molecule has 3 heterocycles. The number of likely N-dealkylation sites (N-methyl/N-ethyl adjacent to an activating group) is 1. The average molecular weight is 308 g/mol. The van der Waals surface area contributed by atoms with Gasteiger partial charge in [0.1, 0.15) is 5.60 Å². The number of carbonyl (C=O) groups is 1. The zero-order valence-corrected chi connectivity index (χ0v) is 13.8. The summed E-state index contributed by atoms with van der Waals surface area (Å²) < 4.78 is 11.0. The van der Waals surface area contributed by atoms with Gasteiger partial charge in [0.05, 0.1) is 13.1 Å². The highest BCUT2D eigenvalue weighted by atomic mass is 16.6. The van der Waals surface area contributed by atoms with Crippen molar-refractivity contribution in [2.45, 2.75) is 51.2 Å². The van der Waals surface area contributed by atoms with Gasteiger partial charge >= 0.3 is 6.09 Å². The molecule has 1 atom stereocenters. The van der Waals surface area contributed by atoms with E-state index >= 15 is 0 Å². The van der Waals surface area contributed by atoms with Crippen LogP contribution in [0.5, 0.6) is 0 Å². The Morgan fingerprint density at radius 3 is 2.68 bits per heavy atom. The van der Waals surface area contributed by atoms with Crippen LogP contribution in [0, 0.1) is 0 Å². The number of rotatable bonds is 2. The number of aromatic nitrogens is 2. The van der Waals surface area contributed by atoms with Crippen LogP contribution >= 0.6 is 0 Å². The Morgan fingerprint density at radius 1 is 1.32 bits per heavy atom. The molecule has 3 rings (SSSR count). The van der Waals surface area contributed by atoms with E-state index in [9.17, 15) is 4.79 Å². The zero-order valence-electron chi connectivity index (χ0n) is 13.8. The lowest BCUT2D eigenvalue weighted by molar-refractivity contribution is -0.0122. The monoisotopic (exact) mass is 308 g/mol. The first kappa shape index (κ1) is 15.3. The predicted molar refractivity (Wildman–Crippen MR) is 79.4 cm³/mol. The molecule has 0 N–H and O–H groups in total. The molecule has 2 saturated heterocycles. The second kappa shape index (κ2) is 5.22. The summed E-state index contributed by atoms with van der Waals surface area (Å²) >= 11 is 0. The van der Waals surface area contributed by atoms with E-state index in [4.69, 9.17) is 9.26 Å². The van der Waals surface area contributed by atoms with Crippen molar-refractivity contribution in [1.82, 2.24) is 19.9 Å². The van der Waals surface area contributed by atoms with Gasteiger partial charge in [0.15, 0.2) is 5.82 Å². The van der Waals surface area contributed by atoms with E-state index in [0.717, 1.165) is 25.9 Å². The molecule has 0 aliphatic carbocycles. The largest absolute Gasteiger partial charge is 0.440 e. The lowest BCUT2D eigenvalue weighted by Gasteiger charge is -2.37. The summed E-state index contributed by atoms with van der Waals surface area (Å²) in [6.07, 6.45) is 1.70. The van der Waals surface area contributed by atoms with Gasteiger partial charge in [0.25, 0.3) is 0 Å². The third-order valence-electron chi connectivity index (χ3n) is 4.23. The van der Waals surface area contributed by atoms with Crippen LogP contribution in [0.4, 0.5) is 4.79 Å². The fraction of sp³-hybridized carbons (Fsp3) is 0.800. The minimum atomic E-state index is -0.374. The highest BCUT2D eigenvalue weighted by molar-refractivity contribution is 5.70. The van der Waals surface area contributed by atoms with E-state index in [1.807, 2.05) is 20.8 Å². The Labute approximate surface area is 130 Å². The van der Waals surface area contributed by atoms with E-state index in [1.54, 1.807) is 11.9 Å². The van der Waals surface area contributed by atoms with E-state index < -0.39 is 0 Å². The third-order valence-corrected chi connectivity index (χ3v) is 4.23. The molecule has 7 nitrogen and oxygen atoms in total. The van der Waals surface area contributed by atoms with Crippen LogP contribution in [-0.4, -0.2) is 58.3 Å². The standard InChI is InChI=1S/C15H24N4O3/c1-14(2,3)12-16-11(17-22-12)8-19-7-5-6-15(10-19)9-18(4)13(20)21-15/h5-10H2,1-4H3/t15-/m0/s1. The number of amides is 1. The number of piperidine rings is 1. The maximum atomic E-state index is 11.7. The van der Waals surface area contributed by atoms with Gasteiger partial charge in [-0.2, -0.15) is 4.98 Å². The molecule has 1 amide bonds. The third kappa shape index (κ3) is 2.95.